The summed E-state index contributed by atoms with van der Waals surface area (Å²) < 4.78 is 44.8. The molecule has 3 aromatic rings. The van der Waals surface area contributed by atoms with Gasteiger partial charge >= 0.3 is 18.0 Å². The molecular formula is C32H33N3O9S. The SMILES string of the molecule is CC(OC(=O)N[C@@H](Cc1cccc(S(=O)(=O)N2CC(Oc3ccc(C#N)cc3)(c3ccccc3)C2)c1)C(=O)O)OC(=O)C(C)C. The minimum absolute atomic E-state index is 0.00822. The third-order valence-electron chi connectivity index (χ3n) is 7.05. The number of carboxylic acid groups (broad SMARTS) is 1. The first-order valence-corrected chi connectivity index (χ1v) is 15.5. The fourth-order valence-corrected chi connectivity index (χ4v) is 6.24. The van der Waals surface area contributed by atoms with E-state index in [9.17, 15) is 27.9 Å². The lowest BCUT2D eigenvalue weighted by molar-refractivity contribution is -0.169. The fraction of sp³-hybridized carbons (Fsp3) is 0.312. The van der Waals surface area contributed by atoms with Gasteiger partial charge in [-0.05, 0) is 47.5 Å². The predicted molar refractivity (Wildman–Crippen MR) is 160 cm³/mol. The number of carboxylic acids is 1. The zero-order valence-corrected chi connectivity index (χ0v) is 25.7. The van der Waals surface area contributed by atoms with Crippen molar-refractivity contribution < 1.29 is 42.1 Å². The Labute approximate surface area is 261 Å². The van der Waals surface area contributed by atoms with Crippen LogP contribution in [0.4, 0.5) is 4.79 Å². The molecule has 0 saturated carbocycles. The Morgan fingerprint density at radius 2 is 1.64 bits per heavy atom. The maximum absolute atomic E-state index is 13.7. The van der Waals surface area contributed by atoms with Crippen molar-refractivity contribution in [2.45, 2.75) is 50.0 Å². The van der Waals surface area contributed by atoms with Crippen molar-refractivity contribution >= 4 is 28.1 Å². The van der Waals surface area contributed by atoms with Gasteiger partial charge in [-0.2, -0.15) is 9.57 Å². The Bertz CT molecular complexity index is 1680. The van der Waals surface area contributed by atoms with E-state index in [1.165, 1.54) is 29.4 Å². The van der Waals surface area contributed by atoms with E-state index in [-0.39, 0.29) is 24.4 Å². The van der Waals surface area contributed by atoms with Crippen LogP contribution in [0.2, 0.25) is 0 Å². The number of amides is 1. The average Bonchev–Trinajstić information content (AvgIpc) is 2.99. The number of nitrogens with zero attached hydrogens (tertiary/aromatic N) is 2. The summed E-state index contributed by atoms with van der Waals surface area (Å²) in [6.07, 6.45) is -2.61. The molecule has 1 amide bonds. The van der Waals surface area contributed by atoms with Crippen LogP contribution in [0.5, 0.6) is 5.75 Å². The molecular weight excluding hydrogens is 602 g/mol. The monoisotopic (exact) mass is 635 g/mol. The van der Waals surface area contributed by atoms with Gasteiger partial charge in [0.1, 0.15) is 11.8 Å². The van der Waals surface area contributed by atoms with E-state index in [0.29, 0.717) is 16.9 Å². The Kier molecular flexibility index (Phi) is 10.1. The maximum atomic E-state index is 13.7. The molecule has 1 saturated heterocycles. The van der Waals surface area contributed by atoms with Crippen LogP contribution >= 0.6 is 0 Å². The summed E-state index contributed by atoms with van der Waals surface area (Å²) in [7, 11) is -4.02. The predicted octanol–water partition coefficient (Wildman–Crippen LogP) is 3.80. The molecule has 0 radical (unpaired) electrons. The summed E-state index contributed by atoms with van der Waals surface area (Å²) in [5.41, 5.74) is 0.615. The smallest absolute Gasteiger partial charge is 0.410 e. The number of rotatable bonds is 12. The molecule has 1 heterocycles. The molecule has 1 unspecified atom stereocenters. The van der Waals surface area contributed by atoms with E-state index < -0.39 is 51.9 Å². The number of aliphatic carboxylic acids is 1. The van der Waals surface area contributed by atoms with Crippen molar-refractivity contribution in [2.24, 2.45) is 5.92 Å². The van der Waals surface area contributed by atoms with Gasteiger partial charge in [-0.25, -0.2) is 18.0 Å². The quantitative estimate of drug-likeness (QED) is 0.220. The third-order valence-corrected chi connectivity index (χ3v) is 8.84. The number of nitriles is 1. The summed E-state index contributed by atoms with van der Waals surface area (Å²) in [5, 5.41) is 21.0. The Hall–Kier alpha value is -4.93. The summed E-state index contributed by atoms with van der Waals surface area (Å²) in [5.74, 6) is -1.93. The number of carbonyl (C=O) groups excluding carboxylic acids is 2. The Balaban J connectivity index is 1.47. The van der Waals surface area contributed by atoms with Crippen LogP contribution in [0.1, 0.15) is 37.5 Å². The largest absolute Gasteiger partial charge is 0.480 e. The summed E-state index contributed by atoms with van der Waals surface area (Å²) in [6.45, 7) is 4.55. The van der Waals surface area contributed by atoms with E-state index in [4.69, 9.17) is 19.5 Å². The number of ether oxygens (including phenoxy) is 3. The highest BCUT2D eigenvalue weighted by atomic mass is 32.2. The third kappa shape index (κ3) is 7.97. The minimum atomic E-state index is -4.02. The second kappa shape index (κ2) is 13.8. The van der Waals surface area contributed by atoms with E-state index in [1.807, 2.05) is 30.3 Å². The zero-order chi connectivity index (χ0) is 32.8. The molecule has 0 spiro atoms. The summed E-state index contributed by atoms with van der Waals surface area (Å²) in [6, 6.07) is 22.2. The molecule has 2 atom stereocenters. The molecule has 1 aliphatic rings. The number of hydrogen-bond acceptors (Lipinski definition) is 9. The molecule has 4 rings (SSSR count). The molecule has 1 aliphatic heterocycles. The molecule has 1 fully saturated rings. The van der Waals surface area contributed by atoms with Gasteiger partial charge in [-0.1, -0.05) is 56.3 Å². The number of alkyl carbamates (subject to hydrolysis) is 1. The van der Waals surface area contributed by atoms with Gasteiger partial charge in [0.05, 0.1) is 35.5 Å². The van der Waals surface area contributed by atoms with E-state index >= 15 is 0 Å². The van der Waals surface area contributed by atoms with Crippen molar-refractivity contribution in [1.29, 1.82) is 5.26 Å². The van der Waals surface area contributed by atoms with Gasteiger partial charge in [0.25, 0.3) is 0 Å². The van der Waals surface area contributed by atoms with Gasteiger partial charge in [-0.15, -0.1) is 0 Å². The number of nitrogens with one attached hydrogen (secondary N) is 1. The number of carbonyl (C=O) groups is 3. The van der Waals surface area contributed by atoms with Crippen LogP contribution in [0.25, 0.3) is 0 Å². The minimum Gasteiger partial charge on any atom is -0.480 e. The first kappa shape index (κ1) is 33.0. The van der Waals surface area contributed by atoms with Gasteiger partial charge in [0.15, 0.2) is 5.60 Å². The van der Waals surface area contributed by atoms with Crippen molar-refractivity contribution in [3.05, 3.63) is 95.6 Å². The second-order valence-electron chi connectivity index (χ2n) is 10.8. The maximum Gasteiger partial charge on any atom is 0.410 e. The van der Waals surface area contributed by atoms with Crippen LogP contribution in [0.3, 0.4) is 0 Å². The van der Waals surface area contributed by atoms with Crippen molar-refractivity contribution in [3.63, 3.8) is 0 Å². The number of esters is 1. The van der Waals surface area contributed by atoms with Crippen molar-refractivity contribution in [2.75, 3.05) is 13.1 Å². The van der Waals surface area contributed by atoms with Crippen molar-refractivity contribution in [3.8, 4) is 11.8 Å². The number of sulfonamides is 1. The average molecular weight is 636 g/mol. The standard InChI is InChI=1S/C32H33N3O9S/c1-21(2)30(38)42-22(3)43-31(39)34-28(29(36)37)17-24-8-7-11-27(16-24)45(40,41)35-19-32(20-35,25-9-5-4-6-10-25)44-26-14-12-23(18-33)13-15-26/h4-16,21-22,28H,17,19-20H2,1-3H3,(H,34,39)(H,36,37)/t22?,28-/m0/s1. The summed E-state index contributed by atoms with van der Waals surface area (Å²) in [4.78, 5) is 35.9. The van der Waals surface area contributed by atoms with Crippen LogP contribution in [-0.2, 0) is 41.1 Å². The Morgan fingerprint density at radius 1 is 0.978 bits per heavy atom. The second-order valence-corrected chi connectivity index (χ2v) is 12.8. The number of benzene rings is 3. The lowest BCUT2D eigenvalue weighted by Gasteiger charge is -2.48. The Morgan fingerprint density at radius 3 is 2.24 bits per heavy atom. The van der Waals surface area contributed by atoms with Crippen LogP contribution < -0.4 is 10.1 Å². The fourth-order valence-electron chi connectivity index (χ4n) is 4.63. The van der Waals surface area contributed by atoms with Gasteiger partial charge < -0.3 is 24.6 Å². The van der Waals surface area contributed by atoms with E-state index in [2.05, 4.69) is 11.4 Å². The normalized spacial score (nSPS) is 15.5. The van der Waals surface area contributed by atoms with E-state index in [1.54, 1.807) is 44.2 Å². The lowest BCUT2D eigenvalue weighted by Crippen LogP contribution is -2.64. The van der Waals surface area contributed by atoms with Gasteiger partial charge in [0.2, 0.25) is 16.3 Å². The molecule has 0 bridgehead atoms. The number of hydrogen-bond donors (Lipinski definition) is 2. The highest BCUT2D eigenvalue weighted by molar-refractivity contribution is 7.89. The highest BCUT2D eigenvalue weighted by Crippen LogP contribution is 2.40. The topological polar surface area (TPSA) is 172 Å². The van der Waals surface area contributed by atoms with Gasteiger partial charge in [0, 0.05) is 13.3 Å². The lowest BCUT2D eigenvalue weighted by atomic mass is 9.87. The van der Waals surface area contributed by atoms with Crippen LogP contribution in [-0.4, -0.2) is 61.3 Å². The zero-order valence-electron chi connectivity index (χ0n) is 24.9. The van der Waals surface area contributed by atoms with Crippen LogP contribution in [0, 0.1) is 17.2 Å². The van der Waals surface area contributed by atoms with E-state index in [0.717, 1.165) is 5.56 Å². The molecule has 13 heteroatoms. The highest BCUT2D eigenvalue weighted by Gasteiger charge is 2.52. The first-order valence-electron chi connectivity index (χ1n) is 14.1. The molecule has 0 aliphatic carbocycles. The van der Waals surface area contributed by atoms with Crippen LogP contribution in [0.15, 0.2) is 83.8 Å². The molecule has 45 heavy (non-hydrogen) atoms. The van der Waals surface area contributed by atoms with Crippen molar-refractivity contribution in [1.82, 2.24) is 9.62 Å². The van der Waals surface area contributed by atoms with Gasteiger partial charge in [-0.3, -0.25) is 4.79 Å². The molecule has 2 N–H and O–H groups in total. The molecule has 236 valence electrons. The molecule has 3 aromatic carbocycles. The first-order chi connectivity index (χ1) is 21.3. The molecule has 0 aromatic heterocycles. The molecule has 12 nitrogen and oxygen atoms in total. The summed E-state index contributed by atoms with van der Waals surface area (Å²) >= 11 is 0.